The Hall–Kier alpha value is -7.62. The molecule has 0 fully saturated rings. The fourth-order valence-corrected chi connectivity index (χ4v) is 8.60. The zero-order valence-corrected chi connectivity index (χ0v) is 31.1. The molecule has 0 saturated heterocycles. The first-order chi connectivity index (χ1) is 28.3. The number of furan rings is 1. The van der Waals surface area contributed by atoms with Gasteiger partial charge in [0.25, 0.3) is 0 Å². The summed E-state index contributed by atoms with van der Waals surface area (Å²) in [7, 11) is 0. The third-order valence-electron chi connectivity index (χ3n) is 11.2. The van der Waals surface area contributed by atoms with Crippen molar-refractivity contribution < 1.29 is 4.42 Å². The van der Waals surface area contributed by atoms with Gasteiger partial charge in [-0.1, -0.05) is 164 Å². The van der Waals surface area contributed by atoms with Crippen LogP contribution in [0.4, 0.5) is 17.1 Å². The first-order valence-corrected chi connectivity index (χ1v) is 19.4. The van der Waals surface area contributed by atoms with E-state index in [0.29, 0.717) is 0 Å². The molecule has 0 N–H and O–H groups in total. The van der Waals surface area contributed by atoms with Gasteiger partial charge in [0.05, 0.1) is 22.4 Å². The molecule has 0 aliphatic heterocycles. The van der Waals surface area contributed by atoms with Crippen LogP contribution in [0.25, 0.3) is 82.8 Å². The summed E-state index contributed by atoms with van der Waals surface area (Å²) >= 11 is 0. The Morgan fingerprint density at radius 1 is 0.351 bits per heavy atom. The van der Waals surface area contributed by atoms with Crippen molar-refractivity contribution in [2.24, 2.45) is 0 Å². The topological polar surface area (TPSA) is 21.3 Å². The Bertz CT molecular complexity index is 3210. The zero-order valence-electron chi connectivity index (χ0n) is 31.1. The van der Waals surface area contributed by atoms with Crippen LogP contribution in [0, 0.1) is 0 Å². The highest BCUT2D eigenvalue weighted by Crippen LogP contribution is 2.47. The van der Waals surface area contributed by atoms with Gasteiger partial charge in [0.15, 0.2) is 0 Å². The van der Waals surface area contributed by atoms with Crippen molar-refractivity contribution in [1.82, 2.24) is 4.57 Å². The molecule has 0 bridgehead atoms. The number of hydrogen-bond acceptors (Lipinski definition) is 2. The predicted molar refractivity (Wildman–Crippen MR) is 239 cm³/mol. The molecule has 0 spiro atoms. The van der Waals surface area contributed by atoms with E-state index in [1.165, 1.54) is 33.0 Å². The first kappa shape index (κ1) is 32.8. The standard InChI is InChI=1S/C54H36N2O/c1-3-15-37(16-4-1)38-29-33-41(34-30-38)55(48-24-10-7-19-43(48)39-17-5-2-6-18-39)50-26-14-27-51-53(50)47-21-8-11-25-49(47)56(51)42-35-31-40(32-36-42)44-22-13-23-46-45-20-9-12-28-52(45)57-54(44)46/h1-36H. The van der Waals surface area contributed by atoms with Crippen LogP contribution < -0.4 is 4.90 Å². The number of para-hydroxylation sites is 4. The van der Waals surface area contributed by atoms with Crippen molar-refractivity contribution in [3.63, 3.8) is 0 Å². The monoisotopic (exact) mass is 728 g/mol. The molecule has 268 valence electrons. The van der Waals surface area contributed by atoms with Gasteiger partial charge in [-0.05, 0) is 76.9 Å². The second kappa shape index (κ2) is 13.6. The van der Waals surface area contributed by atoms with E-state index in [1.807, 2.05) is 12.1 Å². The van der Waals surface area contributed by atoms with Gasteiger partial charge in [0.1, 0.15) is 11.2 Å². The largest absolute Gasteiger partial charge is 0.455 e. The van der Waals surface area contributed by atoms with Gasteiger partial charge in [0.2, 0.25) is 0 Å². The lowest BCUT2D eigenvalue weighted by Crippen LogP contribution is -2.11. The van der Waals surface area contributed by atoms with Crippen molar-refractivity contribution in [2.45, 2.75) is 0 Å². The maximum Gasteiger partial charge on any atom is 0.143 e. The van der Waals surface area contributed by atoms with Crippen LogP contribution in [0.3, 0.4) is 0 Å². The summed E-state index contributed by atoms with van der Waals surface area (Å²) in [6, 6.07) is 78.1. The smallest absolute Gasteiger partial charge is 0.143 e. The third-order valence-corrected chi connectivity index (χ3v) is 11.2. The molecule has 0 unspecified atom stereocenters. The third kappa shape index (κ3) is 5.51. The summed E-state index contributed by atoms with van der Waals surface area (Å²) in [6.07, 6.45) is 0. The van der Waals surface area contributed by atoms with Gasteiger partial charge >= 0.3 is 0 Å². The number of aromatic nitrogens is 1. The van der Waals surface area contributed by atoms with Crippen LogP contribution in [0.5, 0.6) is 0 Å². The summed E-state index contributed by atoms with van der Waals surface area (Å²) in [4.78, 5) is 2.44. The van der Waals surface area contributed by atoms with Crippen LogP contribution in [-0.2, 0) is 0 Å². The molecule has 0 amide bonds. The van der Waals surface area contributed by atoms with Gasteiger partial charge in [-0.15, -0.1) is 0 Å². The van der Waals surface area contributed by atoms with Crippen LogP contribution in [0.15, 0.2) is 223 Å². The van der Waals surface area contributed by atoms with Crippen LogP contribution in [0.1, 0.15) is 0 Å². The van der Waals surface area contributed by atoms with Gasteiger partial charge in [-0.2, -0.15) is 0 Å². The molecule has 0 aliphatic rings. The summed E-state index contributed by atoms with van der Waals surface area (Å²) in [5, 5.41) is 4.66. The van der Waals surface area contributed by atoms with Gasteiger partial charge in [-0.3, -0.25) is 0 Å². The zero-order chi connectivity index (χ0) is 37.7. The molecular weight excluding hydrogens is 693 g/mol. The molecule has 0 atom stereocenters. The van der Waals surface area contributed by atoms with Gasteiger partial charge in [-0.25, -0.2) is 0 Å². The Morgan fingerprint density at radius 3 is 1.70 bits per heavy atom. The van der Waals surface area contributed by atoms with Crippen molar-refractivity contribution in [3.05, 3.63) is 218 Å². The SMILES string of the molecule is c1ccc(-c2ccc(N(c3ccccc3-c3ccccc3)c3cccc4c3c3ccccc3n4-c3ccc(-c4cccc5c4oc4ccccc45)cc3)cc2)cc1. The summed E-state index contributed by atoms with van der Waals surface area (Å²) < 4.78 is 8.82. The molecule has 0 aliphatic carbocycles. The number of nitrogens with zero attached hydrogens (tertiary/aromatic N) is 2. The second-order valence-electron chi connectivity index (χ2n) is 14.5. The molecule has 0 saturated carbocycles. The van der Waals surface area contributed by atoms with E-state index >= 15 is 0 Å². The minimum absolute atomic E-state index is 0.908. The Labute approximate surface area is 330 Å². The number of rotatable bonds is 7. The fraction of sp³-hybridized carbons (Fsp3) is 0. The van der Waals surface area contributed by atoms with E-state index in [-0.39, 0.29) is 0 Å². The normalized spacial score (nSPS) is 11.5. The minimum atomic E-state index is 0.908. The van der Waals surface area contributed by atoms with Crippen molar-refractivity contribution in [2.75, 3.05) is 4.90 Å². The van der Waals surface area contributed by atoms with Gasteiger partial charge < -0.3 is 13.9 Å². The lowest BCUT2D eigenvalue weighted by Gasteiger charge is -2.29. The predicted octanol–water partition coefficient (Wildman–Crippen LogP) is 15.2. The van der Waals surface area contributed by atoms with Crippen LogP contribution >= 0.6 is 0 Å². The Morgan fingerprint density at radius 2 is 0.895 bits per heavy atom. The average molecular weight is 729 g/mol. The minimum Gasteiger partial charge on any atom is -0.455 e. The van der Waals surface area contributed by atoms with Crippen LogP contribution in [-0.4, -0.2) is 4.57 Å². The molecule has 11 aromatic rings. The van der Waals surface area contributed by atoms with Crippen molar-refractivity contribution >= 4 is 60.8 Å². The van der Waals surface area contributed by atoms with Gasteiger partial charge in [0, 0.05) is 44.0 Å². The fourth-order valence-electron chi connectivity index (χ4n) is 8.60. The number of fused-ring (bicyclic) bond motifs is 6. The van der Waals surface area contributed by atoms with E-state index < -0.39 is 0 Å². The number of benzene rings is 9. The molecule has 11 rings (SSSR count). The highest BCUT2D eigenvalue weighted by molar-refractivity contribution is 6.17. The Kier molecular flexibility index (Phi) is 7.82. The lowest BCUT2D eigenvalue weighted by atomic mass is 10.00. The number of hydrogen-bond donors (Lipinski definition) is 0. The first-order valence-electron chi connectivity index (χ1n) is 19.4. The molecule has 2 aromatic heterocycles. The molecule has 2 heterocycles. The summed E-state index contributed by atoms with van der Waals surface area (Å²) in [6.45, 7) is 0. The average Bonchev–Trinajstić information content (AvgIpc) is 3.84. The highest BCUT2D eigenvalue weighted by atomic mass is 16.3. The van der Waals surface area contributed by atoms with Crippen molar-refractivity contribution in [1.29, 1.82) is 0 Å². The molecule has 9 aromatic carbocycles. The molecule has 3 heteroatoms. The van der Waals surface area contributed by atoms with Crippen molar-refractivity contribution in [3.8, 4) is 39.1 Å². The van der Waals surface area contributed by atoms with E-state index in [4.69, 9.17) is 4.42 Å². The highest BCUT2D eigenvalue weighted by Gasteiger charge is 2.23. The van der Waals surface area contributed by atoms with E-state index in [1.54, 1.807) is 0 Å². The molecule has 3 nitrogen and oxygen atoms in total. The molecule has 57 heavy (non-hydrogen) atoms. The van der Waals surface area contributed by atoms with Crippen LogP contribution in [0.2, 0.25) is 0 Å². The number of anilines is 3. The quantitative estimate of drug-likeness (QED) is 0.163. The molecular formula is C54H36N2O. The maximum absolute atomic E-state index is 6.42. The molecule has 0 radical (unpaired) electrons. The van der Waals surface area contributed by atoms with E-state index in [9.17, 15) is 0 Å². The summed E-state index contributed by atoms with van der Waals surface area (Å²) in [5.74, 6) is 0. The van der Waals surface area contributed by atoms with E-state index in [0.717, 1.165) is 66.8 Å². The summed E-state index contributed by atoms with van der Waals surface area (Å²) in [5.41, 5.74) is 15.5. The van der Waals surface area contributed by atoms with E-state index in [2.05, 4.69) is 216 Å². The maximum atomic E-state index is 6.42. The second-order valence-corrected chi connectivity index (χ2v) is 14.5. The Balaban J connectivity index is 1.10. The lowest BCUT2D eigenvalue weighted by molar-refractivity contribution is 0.670.